The summed E-state index contributed by atoms with van der Waals surface area (Å²) in [6.07, 6.45) is 4.88. The number of hydrogen-bond acceptors (Lipinski definition) is 8. The lowest BCUT2D eigenvalue weighted by molar-refractivity contribution is 0.367. The molecule has 0 saturated carbocycles. The van der Waals surface area contributed by atoms with Crippen LogP contribution in [-0.4, -0.2) is 49.4 Å². The van der Waals surface area contributed by atoms with Crippen LogP contribution in [0.5, 0.6) is 11.5 Å². The van der Waals surface area contributed by atoms with Crippen molar-refractivity contribution in [2.24, 2.45) is 0 Å². The molecule has 0 aliphatic heterocycles. The zero-order chi connectivity index (χ0) is 19.9. The van der Waals surface area contributed by atoms with Gasteiger partial charge in [-0.3, -0.25) is 14.8 Å². The first-order chi connectivity index (χ1) is 13.6. The summed E-state index contributed by atoms with van der Waals surface area (Å²) < 4.78 is 5.16. The summed E-state index contributed by atoms with van der Waals surface area (Å²) in [6.45, 7) is 2.66. The smallest absolute Gasteiger partial charge is 0.255 e. The fourth-order valence-electron chi connectivity index (χ4n) is 2.59. The molecule has 28 heavy (non-hydrogen) atoms. The minimum atomic E-state index is -0.260. The summed E-state index contributed by atoms with van der Waals surface area (Å²) >= 11 is 1.75. The first-order valence-corrected chi connectivity index (χ1v) is 9.83. The molecule has 4 N–H and O–H groups in total. The number of methoxy groups -OCH3 is 1. The Labute approximate surface area is 166 Å². The molecule has 0 aliphatic rings. The van der Waals surface area contributed by atoms with Gasteiger partial charge in [-0.1, -0.05) is 0 Å². The fraction of sp³-hybridized carbons (Fsp3) is 0.333. The van der Waals surface area contributed by atoms with Crippen molar-refractivity contribution in [2.45, 2.75) is 19.1 Å². The number of aromatic amines is 2. The molecule has 0 saturated heterocycles. The first kappa shape index (κ1) is 19.7. The molecule has 0 atom stereocenters. The van der Waals surface area contributed by atoms with Gasteiger partial charge in [0.25, 0.3) is 5.56 Å². The number of H-pyrrole nitrogens is 2. The topological polar surface area (TPSA) is 129 Å². The number of thioether (sulfide) groups is 1. The number of anilines is 1. The summed E-state index contributed by atoms with van der Waals surface area (Å²) in [5.74, 6) is 2.34. The number of aryl methyl sites for hydroxylation is 1. The SMILES string of the molecule is COc1c(O)ccnc1Cc1cnc(NCCSCc2nc[nH]c2C)[nH]c1=O. The normalized spacial score (nSPS) is 10.8. The Bertz CT molecular complexity index is 987. The van der Waals surface area contributed by atoms with E-state index in [1.807, 2.05) is 6.92 Å². The monoisotopic (exact) mass is 402 g/mol. The van der Waals surface area contributed by atoms with Crippen molar-refractivity contribution < 1.29 is 9.84 Å². The largest absolute Gasteiger partial charge is 0.504 e. The van der Waals surface area contributed by atoms with Crippen molar-refractivity contribution in [2.75, 3.05) is 24.7 Å². The van der Waals surface area contributed by atoms with E-state index in [9.17, 15) is 9.90 Å². The molecule has 3 rings (SSSR count). The second-order valence-corrected chi connectivity index (χ2v) is 7.13. The molecule has 0 fully saturated rings. The maximum atomic E-state index is 12.3. The van der Waals surface area contributed by atoms with Crippen LogP contribution in [0.2, 0.25) is 0 Å². The van der Waals surface area contributed by atoms with E-state index in [2.05, 4.69) is 30.2 Å². The predicted molar refractivity (Wildman–Crippen MR) is 108 cm³/mol. The van der Waals surface area contributed by atoms with Crippen LogP contribution in [-0.2, 0) is 12.2 Å². The van der Waals surface area contributed by atoms with Crippen molar-refractivity contribution in [3.05, 3.63) is 57.8 Å². The Morgan fingerprint density at radius 2 is 2.14 bits per heavy atom. The molecule has 3 heterocycles. The van der Waals surface area contributed by atoms with E-state index < -0.39 is 0 Å². The molecule has 3 aromatic rings. The molecule has 0 aromatic carbocycles. The molecule has 0 amide bonds. The summed E-state index contributed by atoms with van der Waals surface area (Å²) in [5.41, 5.74) is 2.78. The summed E-state index contributed by atoms with van der Waals surface area (Å²) in [4.78, 5) is 30.8. The molecular formula is C18H22N6O3S. The quantitative estimate of drug-likeness (QED) is 0.399. The number of pyridine rings is 1. The number of nitrogens with one attached hydrogen (secondary N) is 3. The van der Waals surface area contributed by atoms with Crippen LogP contribution >= 0.6 is 11.8 Å². The lowest BCUT2D eigenvalue weighted by Crippen LogP contribution is -2.18. The highest BCUT2D eigenvalue weighted by Crippen LogP contribution is 2.28. The van der Waals surface area contributed by atoms with E-state index in [0.717, 1.165) is 22.9 Å². The number of aromatic hydroxyl groups is 1. The van der Waals surface area contributed by atoms with Crippen molar-refractivity contribution in [3.8, 4) is 11.5 Å². The third-order valence-corrected chi connectivity index (χ3v) is 5.07. The highest BCUT2D eigenvalue weighted by molar-refractivity contribution is 7.98. The second-order valence-electron chi connectivity index (χ2n) is 6.03. The highest BCUT2D eigenvalue weighted by Gasteiger charge is 2.13. The van der Waals surface area contributed by atoms with Gasteiger partial charge >= 0.3 is 0 Å². The summed E-state index contributed by atoms with van der Waals surface area (Å²) in [6, 6.07) is 1.43. The van der Waals surface area contributed by atoms with Gasteiger partial charge in [0, 0.05) is 54.2 Å². The van der Waals surface area contributed by atoms with Crippen LogP contribution in [0.15, 0.2) is 29.6 Å². The van der Waals surface area contributed by atoms with E-state index >= 15 is 0 Å². The maximum Gasteiger partial charge on any atom is 0.255 e. The third-order valence-electron chi connectivity index (χ3n) is 4.10. The molecule has 0 spiro atoms. The van der Waals surface area contributed by atoms with Gasteiger partial charge in [0.2, 0.25) is 5.95 Å². The number of ether oxygens (including phenoxy) is 1. The Kier molecular flexibility index (Phi) is 6.53. The van der Waals surface area contributed by atoms with Gasteiger partial charge in [0.15, 0.2) is 11.5 Å². The second kappa shape index (κ2) is 9.27. The average molecular weight is 402 g/mol. The van der Waals surface area contributed by atoms with Gasteiger partial charge in [-0.25, -0.2) is 9.97 Å². The Balaban J connectivity index is 1.53. The Morgan fingerprint density at radius 3 is 2.86 bits per heavy atom. The zero-order valence-electron chi connectivity index (χ0n) is 15.7. The minimum Gasteiger partial charge on any atom is -0.504 e. The highest BCUT2D eigenvalue weighted by atomic mass is 32.2. The van der Waals surface area contributed by atoms with E-state index in [-0.39, 0.29) is 23.5 Å². The van der Waals surface area contributed by atoms with Crippen molar-refractivity contribution >= 4 is 17.7 Å². The van der Waals surface area contributed by atoms with Crippen LogP contribution in [0.25, 0.3) is 0 Å². The van der Waals surface area contributed by atoms with Gasteiger partial charge in [0.05, 0.1) is 24.8 Å². The molecule has 10 heteroatoms. The fourth-order valence-corrected chi connectivity index (χ4v) is 3.46. The lowest BCUT2D eigenvalue weighted by Gasteiger charge is -2.09. The number of aromatic nitrogens is 5. The van der Waals surface area contributed by atoms with Gasteiger partial charge < -0.3 is 20.1 Å². The van der Waals surface area contributed by atoms with E-state index in [1.165, 1.54) is 25.6 Å². The molecule has 0 bridgehead atoms. The maximum absolute atomic E-state index is 12.3. The van der Waals surface area contributed by atoms with E-state index in [1.54, 1.807) is 18.1 Å². The lowest BCUT2D eigenvalue weighted by atomic mass is 10.1. The van der Waals surface area contributed by atoms with Gasteiger partial charge in [-0.2, -0.15) is 11.8 Å². The summed E-state index contributed by atoms with van der Waals surface area (Å²) in [5, 5.41) is 12.9. The third kappa shape index (κ3) is 4.83. The standard InChI is InChI=1S/C18H22N6O3S/c1-11-14(23-10-22-11)9-28-6-5-20-18-21-8-12(17(26)24-18)7-13-16(27-2)15(25)3-4-19-13/h3-4,8,10H,5-7,9H2,1-2H3,(H,19,25)(H,22,23)(H2,20,21,24,26). The first-order valence-electron chi connectivity index (χ1n) is 8.68. The molecule has 148 valence electrons. The van der Waals surface area contributed by atoms with E-state index in [0.29, 0.717) is 23.8 Å². The average Bonchev–Trinajstić information content (AvgIpc) is 3.08. The number of rotatable bonds is 9. The zero-order valence-corrected chi connectivity index (χ0v) is 16.5. The molecule has 9 nitrogen and oxygen atoms in total. The Morgan fingerprint density at radius 1 is 1.29 bits per heavy atom. The predicted octanol–water partition coefficient (Wildman–Crippen LogP) is 1.85. The van der Waals surface area contributed by atoms with Gasteiger partial charge in [-0.05, 0) is 6.92 Å². The number of imidazole rings is 1. The van der Waals surface area contributed by atoms with Gasteiger partial charge in [0.1, 0.15) is 0 Å². The molecule has 0 unspecified atom stereocenters. The number of hydrogen-bond donors (Lipinski definition) is 4. The molecule has 0 radical (unpaired) electrons. The van der Waals surface area contributed by atoms with Crippen LogP contribution in [0.1, 0.15) is 22.6 Å². The van der Waals surface area contributed by atoms with Crippen LogP contribution in [0, 0.1) is 6.92 Å². The minimum absolute atomic E-state index is 0.0160. The summed E-state index contributed by atoms with van der Waals surface area (Å²) in [7, 11) is 1.45. The Hall–Kier alpha value is -3.01. The molecule has 3 aromatic heterocycles. The van der Waals surface area contributed by atoms with Crippen LogP contribution in [0.3, 0.4) is 0 Å². The van der Waals surface area contributed by atoms with Crippen molar-refractivity contribution in [1.82, 2.24) is 24.9 Å². The van der Waals surface area contributed by atoms with Crippen molar-refractivity contribution in [3.63, 3.8) is 0 Å². The molecule has 0 aliphatic carbocycles. The van der Waals surface area contributed by atoms with E-state index in [4.69, 9.17) is 4.74 Å². The number of nitrogens with zero attached hydrogens (tertiary/aromatic N) is 3. The van der Waals surface area contributed by atoms with Gasteiger partial charge in [-0.15, -0.1) is 0 Å². The van der Waals surface area contributed by atoms with Crippen LogP contribution in [0.4, 0.5) is 5.95 Å². The van der Waals surface area contributed by atoms with Crippen LogP contribution < -0.4 is 15.6 Å². The van der Waals surface area contributed by atoms with Crippen molar-refractivity contribution in [1.29, 1.82) is 0 Å². The molecular weight excluding hydrogens is 380 g/mol.